The number of carbonyl (C=O) groups is 1. The second kappa shape index (κ2) is 7.58. The number of aromatic nitrogens is 5. The quantitative estimate of drug-likeness (QED) is 0.553. The van der Waals surface area contributed by atoms with Crippen molar-refractivity contribution in [2.75, 3.05) is 5.32 Å². The standard InChI is InChI=1S/C18H15FN6OS/c19-13-9-8-12(25-11-20-23-24-25)10-15(13)21-17(26)6-3-7-18-22-14-4-1-2-5-16(14)27-18/h1-2,4-5,8-11H,3,6-7H2,(H,21,26). The molecule has 1 amide bonds. The first-order valence-electron chi connectivity index (χ1n) is 8.36. The van der Waals surface area contributed by atoms with Crippen molar-refractivity contribution in [3.05, 3.63) is 59.6 Å². The number of benzene rings is 2. The summed E-state index contributed by atoms with van der Waals surface area (Å²) in [5.41, 5.74) is 1.64. The van der Waals surface area contributed by atoms with E-state index in [0.717, 1.165) is 15.2 Å². The maximum absolute atomic E-state index is 14.0. The van der Waals surface area contributed by atoms with Gasteiger partial charge in [0.15, 0.2) is 0 Å². The normalized spacial score (nSPS) is 11.0. The van der Waals surface area contributed by atoms with Gasteiger partial charge in [-0.25, -0.2) is 14.1 Å². The van der Waals surface area contributed by atoms with Gasteiger partial charge in [-0.2, -0.15) is 0 Å². The minimum absolute atomic E-state index is 0.105. The Kier molecular flexibility index (Phi) is 4.84. The molecule has 4 aromatic rings. The van der Waals surface area contributed by atoms with Crippen LogP contribution in [0.1, 0.15) is 17.8 Å². The molecular formula is C18H15FN6OS. The Labute approximate surface area is 157 Å². The summed E-state index contributed by atoms with van der Waals surface area (Å²) in [4.78, 5) is 16.7. The number of carbonyl (C=O) groups excluding carboxylic acids is 1. The van der Waals surface area contributed by atoms with Crippen molar-refractivity contribution in [2.24, 2.45) is 0 Å². The molecule has 0 radical (unpaired) electrons. The van der Waals surface area contributed by atoms with E-state index in [0.29, 0.717) is 18.5 Å². The number of rotatable bonds is 6. The van der Waals surface area contributed by atoms with Gasteiger partial charge in [0.05, 0.1) is 26.6 Å². The number of nitrogens with one attached hydrogen (secondary N) is 1. The summed E-state index contributed by atoms with van der Waals surface area (Å²) < 4.78 is 16.5. The van der Waals surface area contributed by atoms with E-state index in [4.69, 9.17) is 0 Å². The topological polar surface area (TPSA) is 85.6 Å². The lowest BCUT2D eigenvalue weighted by atomic mass is 10.2. The molecule has 0 aliphatic carbocycles. The lowest BCUT2D eigenvalue weighted by molar-refractivity contribution is -0.116. The van der Waals surface area contributed by atoms with Crippen LogP contribution in [0.15, 0.2) is 48.8 Å². The number of tetrazole rings is 1. The van der Waals surface area contributed by atoms with Crippen LogP contribution in [0.5, 0.6) is 0 Å². The molecule has 4 rings (SSSR count). The monoisotopic (exact) mass is 382 g/mol. The predicted molar refractivity (Wildman–Crippen MR) is 100 cm³/mol. The molecule has 1 N–H and O–H groups in total. The number of fused-ring (bicyclic) bond motifs is 1. The highest BCUT2D eigenvalue weighted by molar-refractivity contribution is 7.18. The lowest BCUT2D eigenvalue weighted by Crippen LogP contribution is -2.13. The minimum Gasteiger partial charge on any atom is -0.324 e. The van der Waals surface area contributed by atoms with E-state index < -0.39 is 5.82 Å². The highest BCUT2D eigenvalue weighted by Crippen LogP contribution is 2.23. The number of aryl methyl sites for hydroxylation is 1. The second-order valence-electron chi connectivity index (χ2n) is 5.90. The van der Waals surface area contributed by atoms with Gasteiger partial charge in [0.2, 0.25) is 5.91 Å². The van der Waals surface area contributed by atoms with E-state index in [2.05, 4.69) is 25.8 Å². The van der Waals surface area contributed by atoms with Gasteiger partial charge in [-0.15, -0.1) is 16.4 Å². The van der Waals surface area contributed by atoms with Gasteiger partial charge in [0, 0.05) is 6.42 Å². The van der Waals surface area contributed by atoms with E-state index >= 15 is 0 Å². The van der Waals surface area contributed by atoms with E-state index in [1.807, 2.05) is 24.3 Å². The van der Waals surface area contributed by atoms with Gasteiger partial charge in [0.25, 0.3) is 0 Å². The summed E-state index contributed by atoms with van der Waals surface area (Å²) in [6.45, 7) is 0. The molecule has 0 saturated carbocycles. The van der Waals surface area contributed by atoms with Crippen LogP contribution in [0.3, 0.4) is 0 Å². The van der Waals surface area contributed by atoms with Crippen LogP contribution in [0.4, 0.5) is 10.1 Å². The smallest absolute Gasteiger partial charge is 0.224 e. The summed E-state index contributed by atoms with van der Waals surface area (Å²) >= 11 is 1.63. The SMILES string of the molecule is O=C(CCCc1nc2ccccc2s1)Nc1cc(-n2cnnn2)ccc1F. The molecule has 0 saturated heterocycles. The fraction of sp³-hybridized carbons (Fsp3) is 0.167. The minimum atomic E-state index is -0.508. The third kappa shape index (κ3) is 3.98. The number of nitrogens with zero attached hydrogens (tertiary/aromatic N) is 5. The summed E-state index contributed by atoms with van der Waals surface area (Å²) in [7, 11) is 0. The van der Waals surface area contributed by atoms with Crippen molar-refractivity contribution in [1.29, 1.82) is 0 Å². The van der Waals surface area contributed by atoms with Crippen LogP contribution in [-0.4, -0.2) is 31.1 Å². The Hall–Kier alpha value is -3.20. The Bertz CT molecular complexity index is 1050. The van der Waals surface area contributed by atoms with Crippen molar-refractivity contribution in [1.82, 2.24) is 25.2 Å². The molecule has 2 aromatic heterocycles. The maximum Gasteiger partial charge on any atom is 0.224 e. The Morgan fingerprint density at radius 3 is 2.93 bits per heavy atom. The molecule has 27 heavy (non-hydrogen) atoms. The number of hydrogen-bond donors (Lipinski definition) is 1. The molecule has 0 aliphatic rings. The fourth-order valence-electron chi connectivity index (χ4n) is 2.67. The molecule has 136 valence electrons. The summed E-state index contributed by atoms with van der Waals surface area (Å²) in [5.74, 6) is -0.754. The zero-order valence-corrected chi connectivity index (χ0v) is 15.0. The van der Waals surface area contributed by atoms with Crippen LogP contribution < -0.4 is 5.32 Å². The second-order valence-corrected chi connectivity index (χ2v) is 7.01. The first-order chi connectivity index (χ1) is 13.2. The Balaban J connectivity index is 1.36. The molecule has 0 atom stereocenters. The molecule has 2 heterocycles. The third-order valence-corrected chi connectivity index (χ3v) is 5.07. The van der Waals surface area contributed by atoms with Crippen molar-refractivity contribution in [2.45, 2.75) is 19.3 Å². The third-order valence-electron chi connectivity index (χ3n) is 3.97. The summed E-state index contributed by atoms with van der Waals surface area (Å²) in [6.07, 6.45) is 3.03. The molecular weight excluding hydrogens is 367 g/mol. The Morgan fingerprint density at radius 2 is 2.11 bits per heavy atom. The zero-order chi connectivity index (χ0) is 18.6. The molecule has 2 aromatic carbocycles. The van der Waals surface area contributed by atoms with Crippen molar-refractivity contribution >= 4 is 33.1 Å². The number of hydrogen-bond acceptors (Lipinski definition) is 6. The molecule has 0 bridgehead atoms. The van der Waals surface area contributed by atoms with Crippen LogP contribution in [0, 0.1) is 5.82 Å². The predicted octanol–water partition coefficient (Wildman–Crippen LogP) is 3.37. The van der Waals surface area contributed by atoms with Crippen molar-refractivity contribution in [3.8, 4) is 5.69 Å². The number of anilines is 1. The maximum atomic E-state index is 14.0. The lowest BCUT2D eigenvalue weighted by Gasteiger charge is -2.08. The van der Waals surface area contributed by atoms with Gasteiger partial charge >= 0.3 is 0 Å². The fourth-order valence-corrected chi connectivity index (χ4v) is 3.68. The summed E-state index contributed by atoms with van der Waals surface area (Å²) in [5, 5.41) is 14.4. The van der Waals surface area contributed by atoms with Crippen LogP contribution in [0.2, 0.25) is 0 Å². The van der Waals surface area contributed by atoms with E-state index in [1.165, 1.54) is 29.2 Å². The number of thiazole rings is 1. The molecule has 0 fully saturated rings. The van der Waals surface area contributed by atoms with Gasteiger partial charge < -0.3 is 5.32 Å². The van der Waals surface area contributed by atoms with Gasteiger partial charge in [-0.1, -0.05) is 12.1 Å². The van der Waals surface area contributed by atoms with E-state index in [1.54, 1.807) is 11.3 Å². The van der Waals surface area contributed by atoms with Gasteiger partial charge in [0.1, 0.15) is 12.1 Å². The van der Waals surface area contributed by atoms with E-state index in [-0.39, 0.29) is 18.0 Å². The number of halogens is 1. The first-order valence-corrected chi connectivity index (χ1v) is 9.18. The number of para-hydroxylation sites is 1. The largest absolute Gasteiger partial charge is 0.324 e. The summed E-state index contributed by atoms with van der Waals surface area (Å²) in [6, 6.07) is 12.2. The molecule has 0 unspecified atom stereocenters. The van der Waals surface area contributed by atoms with Crippen LogP contribution in [0.25, 0.3) is 15.9 Å². The van der Waals surface area contributed by atoms with Crippen molar-refractivity contribution in [3.63, 3.8) is 0 Å². The zero-order valence-electron chi connectivity index (χ0n) is 14.2. The average molecular weight is 382 g/mol. The Morgan fingerprint density at radius 1 is 1.22 bits per heavy atom. The highest BCUT2D eigenvalue weighted by atomic mass is 32.1. The first kappa shape index (κ1) is 17.2. The van der Waals surface area contributed by atoms with E-state index in [9.17, 15) is 9.18 Å². The highest BCUT2D eigenvalue weighted by Gasteiger charge is 2.10. The molecule has 9 heteroatoms. The molecule has 7 nitrogen and oxygen atoms in total. The van der Waals surface area contributed by atoms with Crippen LogP contribution in [-0.2, 0) is 11.2 Å². The number of amides is 1. The molecule has 0 aliphatic heterocycles. The molecule has 0 spiro atoms. The van der Waals surface area contributed by atoms with Gasteiger partial charge in [-0.05, 0) is 53.6 Å². The average Bonchev–Trinajstić information content (AvgIpc) is 3.32. The van der Waals surface area contributed by atoms with Crippen molar-refractivity contribution < 1.29 is 9.18 Å². The van der Waals surface area contributed by atoms with Gasteiger partial charge in [-0.3, -0.25) is 4.79 Å². The van der Waals surface area contributed by atoms with Crippen LogP contribution >= 0.6 is 11.3 Å².